The summed E-state index contributed by atoms with van der Waals surface area (Å²) in [5, 5.41) is 3.29. The molecule has 1 unspecified atom stereocenters. The second-order valence-corrected chi connectivity index (χ2v) is 10.7. The standard InChI is InChI=1S/C22H29ClN2O3S/c1-15-7-12-19(23)13-20(15)25(29(6,27)28)14-21(26)24-16(2)17-8-10-18(11-9-17)22(3,4)5/h7-13,16H,14H2,1-6H3,(H,24,26). The zero-order valence-corrected chi connectivity index (χ0v) is 19.4. The molecule has 0 radical (unpaired) electrons. The van der Waals surface area contributed by atoms with Gasteiger partial charge in [-0.3, -0.25) is 9.10 Å². The molecule has 0 aromatic heterocycles. The Morgan fingerprint density at radius 2 is 1.72 bits per heavy atom. The number of nitrogens with one attached hydrogen (secondary N) is 1. The molecule has 2 aromatic rings. The second kappa shape index (κ2) is 8.76. The number of rotatable bonds is 6. The van der Waals surface area contributed by atoms with Crippen LogP contribution in [0, 0.1) is 6.92 Å². The first-order valence-electron chi connectivity index (χ1n) is 9.42. The van der Waals surface area contributed by atoms with Gasteiger partial charge in [0.15, 0.2) is 0 Å². The van der Waals surface area contributed by atoms with Gasteiger partial charge in [-0.15, -0.1) is 0 Å². The number of aryl methyl sites for hydroxylation is 1. The van der Waals surface area contributed by atoms with Crippen LogP contribution in [-0.2, 0) is 20.2 Å². The fourth-order valence-corrected chi connectivity index (χ4v) is 4.08. The topological polar surface area (TPSA) is 66.5 Å². The van der Waals surface area contributed by atoms with Crippen molar-refractivity contribution in [1.82, 2.24) is 5.32 Å². The van der Waals surface area contributed by atoms with E-state index in [0.29, 0.717) is 10.7 Å². The quantitative estimate of drug-likeness (QED) is 0.720. The molecule has 0 spiro atoms. The number of hydrogen-bond donors (Lipinski definition) is 1. The molecule has 1 atom stereocenters. The maximum absolute atomic E-state index is 12.6. The third kappa shape index (κ3) is 6.21. The minimum atomic E-state index is -3.66. The molecule has 2 rings (SSSR count). The van der Waals surface area contributed by atoms with Gasteiger partial charge in [0.25, 0.3) is 0 Å². The number of halogens is 1. The summed E-state index contributed by atoms with van der Waals surface area (Å²) < 4.78 is 25.7. The van der Waals surface area contributed by atoms with E-state index >= 15 is 0 Å². The van der Waals surface area contributed by atoms with E-state index in [9.17, 15) is 13.2 Å². The van der Waals surface area contributed by atoms with Crippen molar-refractivity contribution in [1.29, 1.82) is 0 Å². The van der Waals surface area contributed by atoms with E-state index in [1.165, 1.54) is 5.56 Å². The normalized spacial score (nSPS) is 13.1. The SMILES string of the molecule is Cc1ccc(Cl)cc1N(CC(=O)NC(C)c1ccc(C(C)(C)C)cc1)S(C)(=O)=O. The van der Waals surface area contributed by atoms with Gasteiger partial charge in [-0.1, -0.05) is 62.7 Å². The van der Waals surface area contributed by atoms with Crippen molar-refractivity contribution < 1.29 is 13.2 Å². The lowest BCUT2D eigenvalue weighted by atomic mass is 9.86. The van der Waals surface area contributed by atoms with Crippen LogP contribution in [0.2, 0.25) is 5.02 Å². The maximum atomic E-state index is 12.6. The van der Waals surface area contributed by atoms with Gasteiger partial charge in [0, 0.05) is 5.02 Å². The Morgan fingerprint density at radius 3 is 2.24 bits per heavy atom. The van der Waals surface area contributed by atoms with Crippen LogP contribution >= 0.6 is 11.6 Å². The average molecular weight is 437 g/mol. The lowest BCUT2D eigenvalue weighted by molar-refractivity contribution is -0.120. The van der Waals surface area contributed by atoms with Crippen LogP contribution < -0.4 is 9.62 Å². The van der Waals surface area contributed by atoms with Gasteiger partial charge in [-0.25, -0.2) is 8.42 Å². The first kappa shape index (κ1) is 23.2. The Kier molecular flexibility index (Phi) is 7.01. The van der Waals surface area contributed by atoms with E-state index < -0.39 is 10.0 Å². The second-order valence-electron chi connectivity index (χ2n) is 8.36. The summed E-state index contributed by atoms with van der Waals surface area (Å²) in [5.41, 5.74) is 3.34. The van der Waals surface area contributed by atoms with E-state index in [1.807, 2.05) is 19.1 Å². The van der Waals surface area contributed by atoms with E-state index in [4.69, 9.17) is 11.6 Å². The highest BCUT2D eigenvalue weighted by Gasteiger charge is 2.23. The van der Waals surface area contributed by atoms with Gasteiger partial charge in [0.1, 0.15) is 6.54 Å². The summed E-state index contributed by atoms with van der Waals surface area (Å²) in [6.07, 6.45) is 1.08. The molecule has 29 heavy (non-hydrogen) atoms. The molecular weight excluding hydrogens is 408 g/mol. The minimum absolute atomic E-state index is 0.0514. The van der Waals surface area contributed by atoms with Crippen molar-refractivity contribution in [2.75, 3.05) is 17.1 Å². The molecule has 0 fully saturated rings. The van der Waals surface area contributed by atoms with Crippen LogP contribution in [0.1, 0.15) is 50.4 Å². The lowest BCUT2D eigenvalue weighted by Gasteiger charge is -2.25. The monoisotopic (exact) mass is 436 g/mol. The van der Waals surface area contributed by atoms with Crippen molar-refractivity contribution in [3.05, 3.63) is 64.2 Å². The van der Waals surface area contributed by atoms with Crippen LogP contribution in [0.5, 0.6) is 0 Å². The summed E-state index contributed by atoms with van der Waals surface area (Å²) in [7, 11) is -3.66. The Bertz CT molecular complexity index is 980. The summed E-state index contributed by atoms with van der Waals surface area (Å²) in [4.78, 5) is 12.6. The predicted octanol–water partition coefficient (Wildman–Crippen LogP) is 4.59. The Hall–Kier alpha value is -2.05. The predicted molar refractivity (Wildman–Crippen MR) is 120 cm³/mol. The zero-order valence-electron chi connectivity index (χ0n) is 17.8. The van der Waals surface area contributed by atoms with Crippen molar-refractivity contribution in [3.63, 3.8) is 0 Å². The number of benzene rings is 2. The molecule has 0 heterocycles. The molecule has 2 aromatic carbocycles. The Labute approximate surface area is 179 Å². The Morgan fingerprint density at radius 1 is 1.14 bits per heavy atom. The molecule has 7 heteroatoms. The lowest BCUT2D eigenvalue weighted by Crippen LogP contribution is -2.41. The average Bonchev–Trinajstić information content (AvgIpc) is 2.60. The highest BCUT2D eigenvalue weighted by Crippen LogP contribution is 2.27. The maximum Gasteiger partial charge on any atom is 0.241 e. The smallest absolute Gasteiger partial charge is 0.241 e. The third-order valence-corrected chi connectivity index (χ3v) is 6.14. The minimum Gasteiger partial charge on any atom is -0.348 e. The molecule has 0 saturated heterocycles. The molecule has 1 N–H and O–H groups in total. The van der Waals surface area contributed by atoms with Crippen molar-refractivity contribution in [2.45, 2.75) is 46.1 Å². The molecule has 0 saturated carbocycles. The molecule has 1 amide bonds. The summed E-state index contributed by atoms with van der Waals surface area (Å²) in [6, 6.07) is 12.8. The fourth-order valence-electron chi connectivity index (χ4n) is 3.00. The van der Waals surface area contributed by atoms with Crippen molar-refractivity contribution in [3.8, 4) is 0 Å². The van der Waals surface area contributed by atoms with Crippen LogP contribution in [0.4, 0.5) is 5.69 Å². The number of sulfonamides is 1. The highest BCUT2D eigenvalue weighted by molar-refractivity contribution is 7.92. The van der Waals surface area contributed by atoms with Gasteiger partial charge in [-0.05, 0) is 48.1 Å². The van der Waals surface area contributed by atoms with Gasteiger partial charge in [0.2, 0.25) is 15.9 Å². The molecular formula is C22H29ClN2O3S. The highest BCUT2D eigenvalue weighted by atomic mass is 35.5. The number of nitrogens with zero attached hydrogens (tertiary/aromatic N) is 1. The zero-order chi connectivity index (χ0) is 22.0. The van der Waals surface area contributed by atoms with Crippen molar-refractivity contribution >= 4 is 33.2 Å². The van der Waals surface area contributed by atoms with E-state index in [0.717, 1.165) is 21.7 Å². The third-order valence-electron chi connectivity index (χ3n) is 4.78. The number of carbonyl (C=O) groups is 1. The molecule has 0 aliphatic carbocycles. The molecule has 158 valence electrons. The van der Waals surface area contributed by atoms with Gasteiger partial charge >= 0.3 is 0 Å². The number of anilines is 1. The van der Waals surface area contributed by atoms with Crippen LogP contribution in [0.25, 0.3) is 0 Å². The van der Waals surface area contributed by atoms with E-state index in [-0.39, 0.29) is 23.9 Å². The number of hydrogen-bond acceptors (Lipinski definition) is 3. The molecule has 0 bridgehead atoms. The van der Waals surface area contributed by atoms with Crippen LogP contribution in [0.15, 0.2) is 42.5 Å². The van der Waals surface area contributed by atoms with Gasteiger partial charge < -0.3 is 5.32 Å². The van der Waals surface area contributed by atoms with Crippen LogP contribution in [0.3, 0.4) is 0 Å². The largest absolute Gasteiger partial charge is 0.348 e. The van der Waals surface area contributed by atoms with Crippen LogP contribution in [-0.4, -0.2) is 27.1 Å². The first-order valence-corrected chi connectivity index (χ1v) is 11.7. The molecule has 0 aliphatic heterocycles. The summed E-state index contributed by atoms with van der Waals surface area (Å²) in [6.45, 7) is 9.77. The molecule has 0 aliphatic rings. The van der Waals surface area contributed by atoms with E-state index in [1.54, 1.807) is 25.1 Å². The summed E-state index contributed by atoms with van der Waals surface area (Å²) in [5.74, 6) is -0.387. The first-order chi connectivity index (χ1) is 13.3. The Balaban J connectivity index is 2.17. The van der Waals surface area contributed by atoms with Crippen molar-refractivity contribution in [2.24, 2.45) is 0 Å². The van der Waals surface area contributed by atoms with Gasteiger partial charge in [0.05, 0.1) is 18.0 Å². The fraction of sp³-hybridized carbons (Fsp3) is 0.409. The molecule has 5 nitrogen and oxygen atoms in total. The summed E-state index contributed by atoms with van der Waals surface area (Å²) >= 11 is 6.03. The van der Waals surface area contributed by atoms with E-state index in [2.05, 4.69) is 38.2 Å². The van der Waals surface area contributed by atoms with Gasteiger partial charge in [-0.2, -0.15) is 0 Å². The number of carbonyl (C=O) groups excluding carboxylic acids is 1. The number of amides is 1.